The molecule has 158 valence electrons. The van der Waals surface area contributed by atoms with Gasteiger partial charge in [-0.3, -0.25) is 14.5 Å². The smallest absolute Gasteiger partial charge is 0.325 e. The second kappa shape index (κ2) is 8.09. The zero-order valence-electron chi connectivity index (χ0n) is 17.5. The third-order valence-corrected chi connectivity index (χ3v) is 6.47. The summed E-state index contributed by atoms with van der Waals surface area (Å²) in [5.74, 6) is -0.268. The molecular weight excluding hydrogens is 434 g/mol. The van der Waals surface area contributed by atoms with Crippen molar-refractivity contribution < 1.29 is 14.4 Å². The predicted octanol–water partition coefficient (Wildman–Crippen LogP) is 4.15. The van der Waals surface area contributed by atoms with Gasteiger partial charge < -0.3 is 10.6 Å². The first kappa shape index (κ1) is 21.8. The summed E-state index contributed by atoms with van der Waals surface area (Å²) in [6, 6.07) is 7.12. The Kier molecular flexibility index (Phi) is 6.08. The van der Waals surface area contributed by atoms with E-state index < -0.39 is 11.6 Å². The normalized spacial score (nSPS) is 27.1. The van der Waals surface area contributed by atoms with E-state index in [1.165, 1.54) is 0 Å². The van der Waals surface area contributed by atoms with E-state index in [0.717, 1.165) is 21.4 Å². The standard InChI is InChI=1S/C22H30BrN3O3/c1-5-17(15-6-8-16(23)9-7-15)24-18(27)12-26-19(28)22(25-20(26)29)11-14(2)10-21(3,4)13-22/h6-9,14,17H,5,10-13H2,1-4H3,(H,24,27)(H,25,29)/t14-,17+,22+/m1/s1. The summed E-state index contributed by atoms with van der Waals surface area (Å²) in [5.41, 5.74) is 0.0721. The van der Waals surface area contributed by atoms with Gasteiger partial charge in [-0.1, -0.05) is 55.8 Å². The molecular formula is C22H30BrN3O3. The molecule has 1 spiro atoms. The van der Waals surface area contributed by atoms with Gasteiger partial charge in [0.15, 0.2) is 0 Å². The van der Waals surface area contributed by atoms with Crippen LogP contribution in [0.2, 0.25) is 0 Å². The zero-order valence-corrected chi connectivity index (χ0v) is 19.1. The molecule has 1 saturated heterocycles. The lowest BCUT2D eigenvalue weighted by Gasteiger charge is -2.43. The molecule has 1 aliphatic heterocycles. The van der Waals surface area contributed by atoms with Crippen LogP contribution >= 0.6 is 15.9 Å². The van der Waals surface area contributed by atoms with Crippen LogP contribution in [0.25, 0.3) is 0 Å². The summed E-state index contributed by atoms with van der Waals surface area (Å²) >= 11 is 3.41. The van der Waals surface area contributed by atoms with Gasteiger partial charge >= 0.3 is 6.03 Å². The Bertz CT molecular complexity index is 808. The Morgan fingerprint density at radius 2 is 1.93 bits per heavy atom. The van der Waals surface area contributed by atoms with Crippen LogP contribution in [-0.2, 0) is 9.59 Å². The molecule has 1 aromatic carbocycles. The fourth-order valence-corrected chi connectivity index (χ4v) is 5.41. The van der Waals surface area contributed by atoms with E-state index in [4.69, 9.17) is 0 Å². The molecule has 0 radical (unpaired) electrons. The van der Waals surface area contributed by atoms with Crippen LogP contribution in [0.3, 0.4) is 0 Å². The van der Waals surface area contributed by atoms with E-state index in [9.17, 15) is 14.4 Å². The molecule has 0 bridgehead atoms. The number of imide groups is 1. The van der Waals surface area contributed by atoms with E-state index in [2.05, 4.69) is 47.3 Å². The molecule has 2 fully saturated rings. The van der Waals surface area contributed by atoms with E-state index in [1.807, 2.05) is 31.2 Å². The van der Waals surface area contributed by atoms with Gasteiger partial charge in [0.1, 0.15) is 12.1 Å². The lowest BCUT2D eigenvalue weighted by molar-refractivity contribution is -0.137. The van der Waals surface area contributed by atoms with Crippen LogP contribution in [0, 0.1) is 11.3 Å². The predicted molar refractivity (Wildman–Crippen MR) is 115 cm³/mol. The molecule has 3 atom stereocenters. The monoisotopic (exact) mass is 463 g/mol. The van der Waals surface area contributed by atoms with Crippen molar-refractivity contribution in [3.8, 4) is 0 Å². The van der Waals surface area contributed by atoms with Crippen molar-refractivity contribution in [2.45, 2.75) is 65.0 Å². The third kappa shape index (κ3) is 4.65. The SMILES string of the molecule is CC[C@H](NC(=O)CN1C(=O)N[C@]2(C[C@H](C)CC(C)(C)C2)C1=O)c1ccc(Br)cc1. The highest BCUT2D eigenvalue weighted by molar-refractivity contribution is 9.10. The number of carbonyl (C=O) groups is 3. The van der Waals surface area contributed by atoms with Crippen LogP contribution in [-0.4, -0.2) is 34.8 Å². The summed E-state index contributed by atoms with van der Waals surface area (Å²) in [6.45, 7) is 8.10. The highest BCUT2D eigenvalue weighted by Gasteiger charge is 2.56. The lowest BCUT2D eigenvalue weighted by atomic mass is 9.64. The minimum absolute atomic E-state index is 0.0340. The number of nitrogens with zero attached hydrogens (tertiary/aromatic N) is 1. The Labute approximate surface area is 180 Å². The number of urea groups is 1. The molecule has 1 aliphatic carbocycles. The minimum atomic E-state index is -0.881. The number of carbonyl (C=O) groups excluding carboxylic acids is 3. The number of benzene rings is 1. The molecule has 29 heavy (non-hydrogen) atoms. The first-order valence-corrected chi connectivity index (χ1v) is 11.0. The van der Waals surface area contributed by atoms with E-state index in [1.54, 1.807) is 0 Å². The van der Waals surface area contributed by atoms with Crippen molar-refractivity contribution in [2.24, 2.45) is 11.3 Å². The largest absolute Gasteiger partial charge is 0.348 e. The van der Waals surface area contributed by atoms with Crippen molar-refractivity contribution in [1.82, 2.24) is 15.5 Å². The molecule has 2 N–H and O–H groups in total. The van der Waals surface area contributed by atoms with Crippen molar-refractivity contribution in [1.29, 1.82) is 0 Å². The van der Waals surface area contributed by atoms with Gasteiger partial charge in [0.25, 0.3) is 5.91 Å². The maximum absolute atomic E-state index is 13.2. The summed E-state index contributed by atoms with van der Waals surface area (Å²) in [6.07, 6.45) is 2.95. The quantitative estimate of drug-likeness (QED) is 0.643. The zero-order chi connectivity index (χ0) is 21.4. The molecule has 2 aliphatic rings. The Hall–Kier alpha value is -1.89. The topological polar surface area (TPSA) is 78.5 Å². The molecule has 7 heteroatoms. The molecule has 1 aromatic rings. The van der Waals surface area contributed by atoms with E-state index in [-0.39, 0.29) is 29.8 Å². The summed E-state index contributed by atoms with van der Waals surface area (Å²) in [7, 11) is 0. The fraction of sp³-hybridized carbons (Fsp3) is 0.591. The molecule has 0 unspecified atom stereocenters. The number of hydrogen-bond donors (Lipinski definition) is 2. The molecule has 1 heterocycles. The fourth-order valence-electron chi connectivity index (χ4n) is 5.15. The Balaban J connectivity index is 1.69. The third-order valence-electron chi connectivity index (χ3n) is 5.94. The maximum Gasteiger partial charge on any atom is 0.325 e. The highest BCUT2D eigenvalue weighted by atomic mass is 79.9. The van der Waals surface area contributed by atoms with Crippen LogP contribution in [0.4, 0.5) is 4.79 Å². The van der Waals surface area contributed by atoms with Crippen LogP contribution in [0.15, 0.2) is 28.7 Å². The number of hydrogen-bond acceptors (Lipinski definition) is 3. The van der Waals surface area contributed by atoms with Gasteiger partial charge in [-0.15, -0.1) is 0 Å². The Morgan fingerprint density at radius 1 is 1.28 bits per heavy atom. The van der Waals surface area contributed by atoms with Gasteiger partial charge in [0, 0.05) is 4.47 Å². The average Bonchev–Trinajstić information content (AvgIpc) is 2.82. The van der Waals surface area contributed by atoms with Crippen molar-refractivity contribution in [2.75, 3.05) is 6.54 Å². The maximum atomic E-state index is 13.2. The second-order valence-electron chi connectivity index (χ2n) is 9.34. The summed E-state index contributed by atoms with van der Waals surface area (Å²) < 4.78 is 0.969. The van der Waals surface area contributed by atoms with Crippen molar-refractivity contribution in [3.63, 3.8) is 0 Å². The molecule has 6 nitrogen and oxygen atoms in total. The minimum Gasteiger partial charge on any atom is -0.348 e. The first-order chi connectivity index (χ1) is 13.5. The first-order valence-electron chi connectivity index (χ1n) is 10.2. The average molecular weight is 464 g/mol. The Morgan fingerprint density at radius 3 is 2.52 bits per heavy atom. The molecule has 4 amide bonds. The summed E-state index contributed by atoms with van der Waals surface area (Å²) in [5, 5.41) is 5.88. The highest BCUT2D eigenvalue weighted by Crippen LogP contribution is 2.46. The van der Waals surface area contributed by atoms with Crippen molar-refractivity contribution >= 4 is 33.8 Å². The van der Waals surface area contributed by atoms with Gasteiger partial charge in [-0.2, -0.15) is 0 Å². The number of rotatable bonds is 5. The van der Waals surface area contributed by atoms with E-state index in [0.29, 0.717) is 25.2 Å². The van der Waals surface area contributed by atoms with Crippen molar-refractivity contribution in [3.05, 3.63) is 34.3 Å². The summed E-state index contributed by atoms with van der Waals surface area (Å²) in [4.78, 5) is 39.5. The van der Waals surface area contributed by atoms with E-state index >= 15 is 0 Å². The number of nitrogens with one attached hydrogen (secondary N) is 2. The van der Waals surface area contributed by atoms with Gasteiger partial charge in [-0.05, 0) is 54.7 Å². The second-order valence-corrected chi connectivity index (χ2v) is 10.3. The number of halogens is 1. The van der Waals surface area contributed by atoms with Gasteiger partial charge in [-0.25, -0.2) is 4.79 Å². The van der Waals surface area contributed by atoms with Gasteiger partial charge in [0.2, 0.25) is 5.91 Å². The van der Waals surface area contributed by atoms with Crippen LogP contribution in [0.5, 0.6) is 0 Å². The van der Waals surface area contributed by atoms with Crippen LogP contribution in [0.1, 0.15) is 65.0 Å². The van der Waals surface area contributed by atoms with Crippen LogP contribution < -0.4 is 10.6 Å². The van der Waals surface area contributed by atoms with Gasteiger partial charge in [0.05, 0.1) is 6.04 Å². The lowest BCUT2D eigenvalue weighted by Crippen LogP contribution is -2.54. The molecule has 0 aromatic heterocycles. The number of amides is 4. The molecule has 1 saturated carbocycles. The molecule has 3 rings (SSSR count).